The van der Waals surface area contributed by atoms with E-state index in [0.29, 0.717) is 23.7 Å². The molecule has 3 heterocycles. The maximum absolute atomic E-state index is 15.3. The number of carboxylic acid groups (broad SMARTS) is 1. The monoisotopic (exact) mass is 458 g/mol. The van der Waals surface area contributed by atoms with Crippen molar-refractivity contribution in [2.24, 2.45) is 0 Å². The Balaban J connectivity index is 1.51. The number of pyridine rings is 1. The van der Waals surface area contributed by atoms with Crippen LogP contribution < -0.4 is 5.73 Å². The molecule has 1 aromatic heterocycles. The Morgan fingerprint density at radius 2 is 1.94 bits per heavy atom. The number of likely N-dealkylation sites (tertiary alicyclic amines) is 2. The van der Waals surface area contributed by atoms with Crippen molar-refractivity contribution in [1.29, 1.82) is 0 Å². The lowest BCUT2D eigenvalue weighted by Crippen LogP contribution is -2.64. The number of fused-ring (bicyclic) bond motifs is 2. The largest absolute Gasteiger partial charge is 0.465 e. The second-order valence-electron chi connectivity index (χ2n) is 7.87. The van der Waals surface area contributed by atoms with Crippen molar-refractivity contribution in [3.8, 4) is 11.3 Å². The summed E-state index contributed by atoms with van der Waals surface area (Å²) >= 11 is 6.15. The highest BCUT2D eigenvalue weighted by atomic mass is 35.5. The second kappa shape index (κ2) is 7.30. The van der Waals surface area contributed by atoms with Gasteiger partial charge in [0.15, 0.2) is 5.82 Å². The third kappa shape index (κ3) is 2.88. The van der Waals surface area contributed by atoms with Gasteiger partial charge in [-0.3, -0.25) is 9.78 Å². The topological polar surface area (TPSA) is 99.8 Å². The number of aromatic nitrogens is 1. The molecule has 0 spiro atoms. The molecule has 0 saturated carbocycles. The van der Waals surface area contributed by atoms with Crippen LogP contribution >= 0.6 is 11.6 Å². The third-order valence-electron chi connectivity index (χ3n) is 6.28. The number of nitrogen functional groups attached to an aromatic ring is 1. The van der Waals surface area contributed by atoms with Crippen molar-refractivity contribution in [2.45, 2.75) is 18.5 Å². The summed E-state index contributed by atoms with van der Waals surface area (Å²) in [5.41, 5.74) is 5.63. The van der Waals surface area contributed by atoms with Gasteiger partial charge in [0, 0.05) is 30.2 Å². The minimum Gasteiger partial charge on any atom is -0.465 e. The van der Waals surface area contributed by atoms with Gasteiger partial charge in [-0.25, -0.2) is 13.6 Å². The molecule has 2 amide bonds. The Morgan fingerprint density at radius 3 is 2.69 bits per heavy atom. The van der Waals surface area contributed by atoms with E-state index in [2.05, 4.69) is 4.98 Å². The number of hydrogen-bond donors (Lipinski definition) is 2. The predicted octanol–water partition coefficient (Wildman–Crippen LogP) is 3.99. The Kier molecular flexibility index (Phi) is 4.67. The van der Waals surface area contributed by atoms with Crippen molar-refractivity contribution < 1.29 is 23.5 Å². The molecule has 2 atom stereocenters. The molecule has 3 aromatic rings. The molecular formula is C22H17ClF2N4O3. The fraction of sp³-hybridized carbons (Fsp3) is 0.227. The highest BCUT2D eigenvalue weighted by Gasteiger charge is 2.51. The van der Waals surface area contributed by atoms with Gasteiger partial charge in [0.1, 0.15) is 11.5 Å². The molecule has 10 heteroatoms. The van der Waals surface area contributed by atoms with Gasteiger partial charge in [0.25, 0.3) is 5.91 Å². The average Bonchev–Trinajstić information content (AvgIpc) is 3.08. The van der Waals surface area contributed by atoms with Gasteiger partial charge in [0.2, 0.25) is 0 Å². The summed E-state index contributed by atoms with van der Waals surface area (Å²) in [6, 6.07) is 7.16. The number of anilines is 1. The number of benzene rings is 2. The van der Waals surface area contributed by atoms with E-state index < -0.39 is 23.6 Å². The molecule has 2 fully saturated rings. The van der Waals surface area contributed by atoms with Crippen molar-refractivity contribution in [2.75, 3.05) is 18.8 Å². The van der Waals surface area contributed by atoms with Gasteiger partial charge in [-0.2, -0.15) is 0 Å². The molecule has 0 bridgehead atoms. The van der Waals surface area contributed by atoms with Crippen LogP contribution in [-0.2, 0) is 0 Å². The van der Waals surface area contributed by atoms with Crippen molar-refractivity contribution in [3.63, 3.8) is 0 Å². The van der Waals surface area contributed by atoms with Gasteiger partial charge >= 0.3 is 6.09 Å². The van der Waals surface area contributed by atoms with Gasteiger partial charge in [-0.15, -0.1) is 0 Å². The molecule has 164 valence electrons. The summed E-state index contributed by atoms with van der Waals surface area (Å²) in [6.07, 6.45) is 0.683. The Bertz CT molecular complexity index is 1300. The lowest BCUT2D eigenvalue weighted by molar-refractivity contribution is 0.0208. The first-order valence-electron chi connectivity index (χ1n) is 9.91. The standard InChI is InChI=1S/C22H17ClF2N4O3/c23-17-13(24)5-4-10-2-1-3-11(16(10)17)20-18(25)19(26)12(8-27-20)21(30)29-9-15-14(29)6-7-28(15)22(31)32/h1-5,8,14-15H,6-7,9H2,(H2,26,27)(H,31,32)/t14-,15-/m1/s1. The SMILES string of the molecule is Nc1c(C(=O)N2C[C@@H]3[C@H]2CCN3C(=O)O)cnc(-c2cccc3ccc(F)c(Cl)c23)c1F. The third-order valence-corrected chi connectivity index (χ3v) is 6.65. The normalized spacial score (nSPS) is 19.7. The fourth-order valence-corrected chi connectivity index (χ4v) is 4.89. The summed E-state index contributed by atoms with van der Waals surface area (Å²) in [5, 5.41) is 9.96. The van der Waals surface area contributed by atoms with Crippen LogP contribution in [0.3, 0.4) is 0 Å². The van der Waals surface area contributed by atoms with E-state index in [4.69, 9.17) is 17.3 Å². The van der Waals surface area contributed by atoms with Gasteiger partial charge in [-0.1, -0.05) is 35.9 Å². The maximum Gasteiger partial charge on any atom is 0.407 e. The summed E-state index contributed by atoms with van der Waals surface area (Å²) in [4.78, 5) is 31.2. The molecular weight excluding hydrogens is 442 g/mol. The summed E-state index contributed by atoms with van der Waals surface area (Å²) < 4.78 is 29.4. The van der Waals surface area contributed by atoms with Gasteiger partial charge < -0.3 is 20.6 Å². The summed E-state index contributed by atoms with van der Waals surface area (Å²) in [6.45, 7) is 0.560. The van der Waals surface area contributed by atoms with E-state index in [9.17, 15) is 19.1 Å². The fourth-order valence-electron chi connectivity index (χ4n) is 4.61. The first kappa shape index (κ1) is 20.4. The number of hydrogen-bond acceptors (Lipinski definition) is 4. The van der Waals surface area contributed by atoms with Crippen LogP contribution in [0, 0.1) is 11.6 Å². The zero-order chi connectivity index (χ0) is 22.7. The molecule has 0 unspecified atom stereocenters. The second-order valence-corrected chi connectivity index (χ2v) is 8.25. The van der Waals surface area contributed by atoms with E-state index >= 15 is 4.39 Å². The number of halogens is 3. The molecule has 2 saturated heterocycles. The van der Waals surface area contributed by atoms with Crippen LogP contribution in [-0.4, -0.2) is 57.1 Å². The van der Waals surface area contributed by atoms with E-state index in [-0.39, 0.29) is 46.2 Å². The first-order valence-corrected chi connectivity index (χ1v) is 10.3. The predicted molar refractivity (Wildman–Crippen MR) is 114 cm³/mol. The van der Waals surface area contributed by atoms with Gasteiger partial charge in [0.05, 0.1) is 28.4 Å². The number of amides is 2. The number of nitrogens with zero attached hydrogens (tertiary/aromatic N) is 3. The number of rotatable bonds is 2. The van der Waals surface area contributed by atoms with E-state index in [0.717, 1.165) is 0 Å². The average molecular weight is 459 g/mol. The van der Waals surface area contributed by atoms with Crippen LogP contribution in [0.5, 0.6) is 0 Å². The molecule has 32 heavy (non-hydrogen) atoms. The molecule has 2 aliphatic rings. The lowest BCUT2D eigenvalue weighted by atomic mass is 9.95. The van der Waals surface area contributed by atoms with Crippen LogP contribution in [0.1, 0.15) is 16.8 Å². The Morgan fingerprint density at radius 1 is 1.16 bits per heavy atom. The molecule has 2 aliphatic heterocycles. The van der Waals surface area contributed by atoms with E-state index in [1.807, 2.05) is 0 Å². The van der Waals surface area contributed by atoms with Crippen LogP contribution in [0.25, 0.3) is 22.0 Å². The van der Waals surface area contributed by atoms with Gasteiger partial charge in [-0.05, 0) is 17.9 Å². The molecule has 0 radical (unpaired) electrons. The minimum absolute atomic E-state index is 0.101. The zero-order valence-electron chi connectivity index (χ0n) is 16.6. The Labute approximate surface area is 186 Å². The number of carbonyl (C=O) groups excluding carboxylic acids is 1. The number of nitrogens with two attached hydrogens (primary N) is 1. The van der Waals surface area contributed by atoms with E-state index in [1.54, 1.807) is 18.2 Å². The molecule has 7 nitrogen and oxygen atoms in total. The van der Waals surface area contributed by atoms with Crippen molar-refractivity contribution in [1.82, 2.24) is 14.8 Å². The first-order chi connectivity index (χ1) is 15.3. The Hall–Kier alpha value is -3.46. The van der Waals surface area contributed by atoms with E-state index in [1.165, 1.54) is 28.1 Å². The van der Waals surface area contributed by atoms with Crippen LogP contribution in [0.2, 0.25) is 5.02 Å². The minimum atomic E-state index is -1.02. The zero-order valence-corrected chi connectivity index (χ0v) is 17.3. The smallest absolute Gasteiger partial charge is 0.407 e. The van der Waals surface area contributed by atoms with Crippen LogP contribution in [0.15, 0.2) is 36.5 Å². The van der Waals surface area contributed by atoms with Crippen molar-refractivity contribution in [3.05, 3.63) is 58.7 Å². The van der Waals surface area contributed by atoms with Crippen molar-refractivity contribution >= 4 is 40.1 Å². The highest BCUT2D eigenvalue weighted by Crippen LogP contribution is 2.38. The highest BCUT2D eigenvalue weighted by molar-refractivity contribution is 6.36. The maximum atomic E-state index is 15.3. The van der Waals surface area contributed by atoms with Crippen LogP contribution in [0.4, 0.5) is 19.3 Å². The quantitative estimate of drug-likeness (QED) is 0.604. The molecule has 0 aliphatic carbocycles. The molecule has 3 N–H and O–H groups in total. The molecule has 2 aromatic carbocycles. The summed E-state index contributed by atoms with van der Waals surface area (Å²) in [5.74, 6) is -2.05. The summed E-state index contributed by atoms with van der Waals surface area (Å²) in [7, 11) is 0. The molecule has 5 rings (SSSR count). The number of carbonyl (C=O) groups is 2. The lowest BCUT2D eigenvalue weighted by Gasteiger charge is -2.46.